The van der Waals surface area contributed by atoms with E-state index in [1.807, 2.05) is 0 Å². The van der Waals surface area contributed by atoms with Gasteiger partial charge in [-0.05, 0) is 58.3 Å². The number of ether oxygens (including phenoxy) is 1. The Labute approximate surface area is 108 Å². The van der Waals surface area contributed by atoms with Gasteiger partial charge in [0.2, 0.25) is 0 Å². The molecular weight excluding hydrogens is 264 g/mol. The van der Waals surface area contributed by atoms with Crippen LogP contribution >= 0.6 is 15.9 Å². The van der Waals surface area contributed by atoms with E-state index in [4.69, 9.17) is 4.74 Å². The van der Waals surface area contributed by atoms with Gasteiger partial charge in [0.05, 0.1) is 11.7 Å². The summed E-state index contributed by atoms with van der Waals surface area (Å²) in [7, 11) is 0. The molecule has 16 heavy (non-hydrogen) atoms. The van der Waals surface area contributed by atoms with Gasteiger partial charge in [-0.2, -0.15) is 0 Å². The second-order valence-corrected chi connectivity index (χ2v) is 7.35. The number of hydrogen-bond donors (Lipinski definition) is 0. The average Bonchev–Trinajstić information content (AvgIpc) is 2.83. The topological polar surface area (TPSA) is 9.23 Å². The first kappa shape index (κ1) is 12.9. The first-order valence-corrected chi connectivity index (χ1v) is 7.80. The molecule has 2 rings (SSSR count). The Bertz CT molecular complexity index is 219. The zero-order valence-corrected chi connectivity index (χ0v) is 12.3. The minimum atomic E-state index is 0.139. The van der Waals surface area contributed by atoms with Crippen molar-refractivity contribution >= 4 is 15.9 Å². The Morgan fingerprint density at radius 1 is 1.25 bits per heavy atom. The number of rotatable bonds is 4. The van der Waals surface area contributed by atoms with E-state index in [2.05, 4.69) is 29.8 Å². The van der Waals surface area contributed by atoms with Crippen molar-refractivity contribution in [3.05, 3.63) is 0 Å². The molecule has 2 fully saturated rings. The molecule has 0 aromatic rings. The fraction of sp³-hybridized carbons (Fsp3) is 1.00. The summed E-state index contributed by atoms with van der Waals surface area (Å²) in [6, 6.07) is 0. The van der Waals surface area contributed by atoms with Crippen LogP contribution < -0.4 is 0 Å². The van der Waals surface area contributed by atoms with Crippen LogP contribution in [-0.2, 0) is 4.74 Å². The molecule has 0 aromatic heterocycles. The van der Waals surface area contributed by atoms with Gasteiger partial charge in [-0.1, -0.05) is 28.8 Å². The normalized spacial score (nSPS) is 32.1. The largest absolute Gasteiger partial charge is 0.372 e. The Morgan fingerprint density at radius 3 is 2.50 bits per heavy atom. The van der Waals surface area contributed by atoms with Crippen molar-refractivity contribution < 1.29 is 4.74 Å². The molecule has 1 heterocycles. The highest BCUT2D eigenvalue weighted by molar-refractivity contribution is 9.09. The van der Waals surface area contributed by atoms with Gasteiger partial charge in [0.1, 0.15) is 0 Å². The fourth-order valence-electron chi connectivity index (χ4n) is 3.18. The standard InChI is InChI=1S/C14H25BrO/c1-14(2)10-9-12(16-14)7-8-13(15)11-5-3-4-6-11/h11-13H,3-10H2,1-2H3. The van der Waals surface area contributed by atoms with Crippen molar-refractivity contribution in [3.8, 4) is 0 Å². The van der Waals surface area contributed by atoms with Crippen molar-refractivity contribution in [1.29, 1.82) is 0 Å². The fourth-order valence-corrected chi connectivity index (χ4v) is 3.97. The van der Waals surface area contributed by atoms with Crippen LogP contribution in [0.4, 0.5) is 0 Å². The molecule has 0 N–H and O–H groups in total. The molecule has 1 aliphatic heterocycles. The van der Waals surface area contributed by atoms with Crippen molar-refractivity contribution in [3.63, 3.8) is 0 Å². The summed E-state index contributed by atoms with van der Waals surface area (Å²) >= 11 is 3.88. The predicted molar refractivity (Wildman–Crippen MR) is 72.1 cm³/mol. The summed E-state index contributed by atoms with van der Waals surface area (Å²) in [5, 5.41) is 0. The maximum absolute atomic E-state index is 6.04. The molecular formula is C14H25BrO. The lowest BCUT2D eigenvalue weighted by molar-refractivity contribution is -0.0191. The van der Waals surface area contributed by atoms with Gasteiger partial charge in [-0.3, -0.25) is 0 Å². The summed E-state index contributed by atoms with van der Waals surface area (Å²) in [5.41, 5.74) is 0.139. The van der Waals surface area contributed by atoms with Crippen LogP contribution in [0, 0.1) is 5.92 Å². The zero-order chi connectivity index (χ0) is 11.6. The highest BCUT2D eigenvalue weighted by Crippen LogP contribution is 2.36. The number of alkyl halides is 1. The minimum Gasteiger partial charge on any atom is -0.372 e. The van der Waals surface area contributed by atoms with Gasteiger partial charge in [0.25, 0.3) is 0 Å². The zero-order valence-electron chi connectivity index (χ0n) is 10.7. The molecule has 2 aliphatic rings. The molecule has 1 saturated carbocycles. The van der Waals surface area contributed by atoms with E-state index in [1.165, 1.54) is 51.4 Å². The highest BCUT2D eigenvalue weighted by Gasteiger charge is 2.32. The monoisotopic (exact) mass is 288 g/mol. The lowest BCUT2D eigenvalue weighted by atomic mass is 9.98. The SMILES string of the molecule is CC1(C)CCC(CCC(Br)C2CCCC2)O1. The summed E-state index contributed by atoms with van der Waals surface area (Å²) in [5.74, 6) is 0.939. The van der Waals surface area contributed by atoms with E-state index in [-0.39, 0.29) is 5.60 Å². The molecule has 0 amide bonds. The van der Waals surface area contributed by atoms with E-state index >= 15 is 0 Å². The van der Waals surface area contributed by atoms with Crippen LogP contribution in [0.25, 0.3) is 0 Å². The van der Waals surface area contributed by atoms with E-state index in [1.54, 1.807) is 0 Å². The van der Waals surface area contributed by atoms with Crippen LogP contribution in [0.2, 0.25) is 0 Å². The van der Waals surface area contributed by atoms with Crippen molar-refractivity contribution in [2.45, 2.75) is 81.7 Å². The summed E-state index contributed by atoms with van der Waals surface area (Å²) in [6.45, 7) is 4.44. The maximum Gasteiger partial charge on any atom is 0.0631 e. The molecule has 1 nitrogen and oxygen atoms in total. The molecule has 0 aromatic carbocycles. The van der Waals surface area contributed by atoms with Crippen LogP contribution in [-0.4, -0.2) is 16.5 Å². The minimum absolute atomic E-state index is 0.139. The molecule has 94 valence electrons. The van der Waals surface area contributed by atoms with Crippen molar-refractivity contribution in [2.24, 2.45) is 5.92 Å². The molecule has 1 saturated heterocycles. The smallest absolute Gasteiger partial charge is 0.0631 e. The average molecular weight is 289 g/mol. The van der Waals surface area contributed by atoms with E-state index in [0.29, 0.717) is 6.10 Å². The maximum atomic E-state index is 6.04. The predicted octanol–water partition coefficient (Wildman–Crippen LogP) is 4.68. The Balaban J connectivity index is 1.67. The molecule has 0 spiro atoms. The van der Waals surface area contributed by atoms with Crippen LogP contribution in [0.15, 0.2) is 0 Å². The second kappa shape index (κ2) is 5.39. The van der Waals surface area contributed by atoms with E-state index in [0.717, 1.165) is 10.7 Å². The quantitative estimate of drug-likeness (QED) is 0.683. The number of hydrogen-bond acceptors (Lipinski definition) is 1. The van der Waals surface area contributed by atoms with Crippen molar-refractivity contribution in [1.82, 2.24) is 0 Å². The summed E-state index contributed by atoms with van der Waals surface area (Å²) in [4.78, 5) is 0.738. The molecule has 2 unspecified atom stereocenters. The van der Waals surface area contributed by atoms with Gasteiger partial charge in [0.15, 0.2) is 0 Å². The molecule has 0 radical (unpaired) electrons. The van der Waals surface area contributed by atoms with Crippen LogP contribution in [0.3, 0.4) is 0 Å². The van der Waals surface area contributed by atoms with Gasteiger partial charge in [0, 0.05) is 4.83 Å². The molecule has 2 atom stereocenters. The third kappa shape index (κ3) is 3.46. The summed E-state index contributed by atoms with van der Waals surface area (Å²) in [6.07, 6.45) is 11.3. The Kier molecular flexibility index (Phi) is 4.34. The first-order valence-electron chi connectivity index (χ1n) is 6.89. The first-order chi connectivity index (χ1) is 7.57. The third-order valence-corrected chi connectivity index (χ3v) is 5.44. The lowest BCUT2D eigenvalue weighted by Crippen LogP contribution is -2.21. The van der Waals surface area contributed by atoms with Gasteiger partial charge >= 0.3 is 0 Å². The summed E-state index contributed by atoms with van der Waals surface area (Å²) < 4.78 is 6.04. The Hall–Kier alpha value is 0.440. The second-order valence-electron chi connectivity index (χ2n) is 6.18. The van der Waals surface area contributed by atoms with E-state index < -0.39 is 0 Å². The molecule has 1 aliphatic carbocycles. The lowest BCUT2D eigenvalue weighted by Gasteiger charge is -2.21. The molecule has 0 bridgehead atoms. The number of halogens is 1. The highest BCUT2D eigenvalue weighted by atomic mass is 79.9. The van der Waals surface area contributed by atoms with Crippen LogP contribution in [0.1, 0.15) is 65.2 Å². The Morgan fingerprint density at radius 2 is 1.94 bits per heavy atom. The molecule has 2 heteroatoms. The third-order valence-electron chi connectivity index (χ3n) is 4.23. The van der Waals surface area contributed by atoms with Gasteiger partial charge in [-0.15, -0.1) is 0 Å². The van der Waals surface area contributed by atoms with Crippen molar-refractivity contribution in [2.75, 3.05) is 0 Å². The van der Waals surface area contributed by atoms with Gasteiger partial charge in [-0.25, -0.2) is 0 Å². The van der Waals surface area contributed by atoms with Gasteiger partial charge < -0.3 is 4.74 Å². The van der Waals surface area contributed by atoms with E-state index in [9.17, 15) is 0 Å². The van der Waals surface area contributed by atoms with Crippen LogP contribution in [0.5, 0.6) is 0 Å².